The normalized spacial score (nSPS) is 17.4. The number of anilines is 1. The lowest BCUT2D eigenvalue weighted by atomic mass is 10.1. The van der Waals surface area contributed by atoms with Crippen LogP contribution in [0.5, 0.6) is 0 Å². The Morgan fingerprint density at radius 2 is 2.07 bits per heavy atom. The summed E-state index contributed by atoms with van der Waals surface area (Å²) in [6.07, 6.45) is 3.44. The molecule has 158 valence electrons. The average Bonchev–Trinajstić information content (AvgIpc) is 3.20. The van der Waals surface area contributed by atoms with Crippen molar-refractivity contribution in [3.05, 3.63) is 47.7 Å². The molecular weight excluding hydrogens is 396 g/mol. The fourth-order valence-corrected chi connectivity index (χ4v) is 3.73. The lowest BCUT2D eigenvalue weighted by molar-refractivity contribution is -0.0447. The maximum absolute atomic E-state index is 12.4. The van der Waals surface area contributed by atoms with Gasteiger partial charge in [0.25, 0.3) is 15.9 Å². The van der Waals surface area contributed by atoms with Crippen LogP contribution in [0.1, 0.15) is 35.4 Å². The third kappa shape index (κ3) is 5.66. The average molecular weight is 423 g/mol. The van der Waals surface area contributed by atoms with E-state index in [1.54, 1.807) is 12.1 Å². The monoisotopic (exact) mass is 422 g/mol. The molecule has 3 rings (SSSR count). The number of carbonyl (C=O) groups is 1. The van der Waals surface area contributed by atoms with Crippen molar-refractivity contribution in [2.75, 3.05) is 32.6 Å². The van der Waals surface area contributed by atoms with Crippen LogP contribution in [0.4, 0.5) is 5.69 Å². The minimum atomic E-state index is -3.73. The first kappa shape index (κ1) is 21.5. The molecule has 0 bridgehead atoms. The number of hydrogen-bond donors (Lipinski definition) is 1. The Bertz CT molecular complexity index is 932. The maximum Gasteiger partial charge on any atom is 0.291 e. The number of carbonyl (C=O) groups excluding carboxylic acids is 1. The number of nitrogens with zero attached hydrogens (tertiary/aromatic N) is 1. The number of nitrogens with one attached hydrogen (secondary N) is 1. The minimum absolute atomic E-state index is 0.0819. The van der Waals surface area contributed by atoms with Crippen LogP contribution in [-0.2, 0) is 26.1 Å². The van der Waals surface area contributed by atoms with E-state index in [1.807, 2.05) is 12.1 Å². The second-order valence-corrected chi connectivity index (χ2v) is 9.15. The highest BCUT2D eigenvalue weighted by Gasteiger charge is 2.23. The van der Waals surface area contributed by atoms with Crippen molar-refractivity contribution < 1.29 is 27.1 Å². The predicted molar refractivity (Wildman–Crippen MR) is 107 cm³/mol. The van der Waals surface area contributed by atoms with Crippen molar-refractivity contribution in [1.82, 2.24) is 4.31 Å². The molecule has 0 unspecified atom stereocenters. The summed E-state index contributed by atoms with van der Waals surface area (Å²) in [4.78, 5) is 12.4. The molecule has 0 radical (unpaired) electrons. The molecule has 1 aromatic carbocycles. The third-order valence-corrected chi connectivity index (χ3v) is 6.26. The van der Waals surface area contributed by atoms with E-state index in [2.05, 4.69) is 5.32 Å². The molecule has 1 amide bonds. The van der Waals surface area contributed by atoms with Crippen molar-refractivity contribution >= 4 is 21.6 Å². The van der Waals surface area contributed by atoms with Gasteiger partial charge in [-0.25, -0.2) is 12.7 Å². The molecule has 2 heterocycles. The van der Waals surface area contributed by atoms with E-state index in [0.717, 1.165) is 29.3 Å². The van der Waals surface area contributed by atoms with Gasteiger partial charge in [0, 0.05) is 26.4 Å². The number of sulfonamides is 1. The van der Waals surface area contributed by atoms with Gasteiger partial charge < -0.3 is 19.2 Å². The molecule has 0 aliphatic carbocycles. The van der Waals surface area contributed by atoms with Gasteiger partial charge in [0.1, 0.15) is 0 Å². The lowest BCUT2D eigenvalue weighted by Gasteiger charge is -2.22. The van der Waals surface area contributed by atoms with Crippen LogP contribution < -0.4 is 5.32 Å². The SMILES string of the molecule is CN(C)S(=O)(=O)c1ccc(C(=O)Nc2cccc(COC[C@H]3CCCCO3)c2)o1. The van der Waals surface area contributed by atoms with E-state index in [4.69, 9.17) is 13.9 Å². The summed E-state index contributed by atoms with van der Waals surface area (Å²) in [5.74, 6) is -0.611. The first-order chi connectivity index (χ1) is 13.9. The van der Waals surface area contributed by atoms with E-state index in [0.29, 0.717) is 18.9 Å². The molecule has 1 aliphatic heterocycles. The molecule has 1 aliphatic rings. The van der Waals surface area contributed by atoms with Gasteiger partial charge in [-0.3, -0.25) is 4.79 Å². The van der Waals surface area contributed by atoms with E-state index >= 15 is 0 Å². The molecule has 2 aromatic rings. The molecule has 1 fully saturated rings. The van der Waals surface area contributed by atoms with Gasteiger partial charge in [-0.2, -0.15) is 0 Å². The Morgan fingerprint density at radius 1 is 1.24 bits per heavy atom. The Labute approximate surface area is 170 Å². The highest BCUT2D eigenvalue weighted by molar-refractivity contribution is 7.88. The summed E-state index contributed by atoms with van der Waals surface area (Å²) < 4.78 is 41.8. The zero-order chi connectivity index (χ0) is 20.9. The lowest BCUT2D eigenvalue weighted by Crippen LogP contribution is -2.24. The van der Waals surface area contributed by atoms with Crippen LogP contribution in [0.3, 0.4) is 0 Å². The van der Waals surface area contributed by atoms with Crippen LogP contribution in [0, 0.1) is 0 Å². The summed E-state index contributed by atoms with van der Waals surface area (Å²) in [5, 5.41) is 2.43. The summed E-state index contributed by atoms with van der Waals surface area (Å²) in [6.45, 7) is 1.75. The molecule has 8 nitrogen and oxygen atoms in total. The molecular formula is C20H26N2O6S. The third-order valence-electron chi connectivity index (χ3n) is 4.57. The van der Waals surface area contributed by atoms with Crippen LogP contribution >= 0.6 is 0 Å². The van der Waals surface area contributed by atoms with Crippen molar-refractivity contribution in [3.63, 3.8) is 0 Å². The Hall–Kier alpha value is -2.20. The molecule has 1 atom stereocenters. The minimum Gasteiger partial charge on any atom is -0.438 e. The molecule has 1 N–H and O–H groups in total. The quantitative estimate of drug-likeness (QED) is 0.702. The summed E-state index contributed by atoms with van der Waals surface area (Å²) in [6, 6.07) is 9.87. The predicted octanol–water partition coefficient (Wildman–Crippen LogP) is 2.87. The number of hydrogen-bond acceptors (Lipinski definition) is 6. The zero-order valence-corrected chi connectivity index (χ0v) is 17.4. The Kier molecular flexibility index (Phi) is 7.07. The Morgan fingerprint density at radius 3 is 2.79 bits per heavy atom. The van der Waals surface area contributed by atoms with Gasteiger partial charge in [-0.05, 0) is 49.1 Å². The second kappa shape index (κ2) is 9.53. The summed E-state index contributed by atoms with van der Waals surface area (Å²) in [7, 11) is -0.940. The van der Waals surface area contributed by atoms with Gasteiger partial charge in [0.05, 0.1) is 19.3 Å². The summed E-state index contributed by atoms with van der Waals surface area (Å²) in [5.41, 5.74) is 1.48. The van der Waals surface area contributed by atoms with Gasteiger partial charge in [0.15, 0.2) is 5.76 Å². The van der Waals surface area contributed by atoms with E-state index in [1.165, 1.54) is 32.6 Å². The molecule has 1 aromatic heterocycles. The highest BCUT2D eigenvalue weighted by atomic mass is 32.2. The number of ether oxygens (including phenoxy) is 2. The zero-order valence-electron chi connectivity index (χ0n) is 16.6. The first-order valence-corrected chi connectivity index (χ1v) is 10.9. The number of furan rings is 1. The number of rotatable bonds is 8. The molecule has 0 saturated carbocycles. The smallest absolute Gasteiger partial charge is 0.291 e. The van der Waals surface area contributed by atoms with Crippen LogP contribution in [0.15, 0.2) is 45.9 Å². The van der Waals surface area contributed by atoms with Crippen LogP contribution in [0.2, 0.25) is 0 Å². The van der Waals surface area contributed by atoms with E-state index in [-0.39, 0.29) is 17.0 Å². The van der Waals surface area contributed by atoms with Gasteiger partial charge in [0.2, 0.25) is 5.09 Å². The molecule has 0 spiro atoms. The number of benzene rings is 1. The van der Waals surface area contributed by atoms with Crippen LogP contribution in [0.25, 0.3) is 0 Å². The molecule has 29 heavy (non-hydrogen) atoms. The van der Waals surface area contributed by atoms with Gasteiger partial charge in [-0.15, -0.1) is 0 Å². The van der Waals surface area contributed by atoms with Crippen molar-refractivity contribution in [2.45, 2.75) is 37.1 Å². The van der Waals surface area contributed by atoms with Crippen LogP contribution in [-0.4, -0.2) is 52.0 Å². The topological polar surface area (TPSA) is 98.1 Å². The van der Waals surface area contributed by atoms with E-state index in [9.17, 15) is 13.2 Å². The van der Waals surface area contributed by atoms with Crippen molar-refractivity contribution in [1.29, 1.82) is 0 Å². The van der Waals surface area contributed by atoms with Gasteiger partial charge in [-0.1, -0.05) is 12.1 Å². The highest BCUT2D eigenvalue weighted by Crippen LogP contribution is 2.19. The summed E-state index contributed by atoms with van der Waals surface area (Å²) >= 11 is 0. The molecule has 1 saturated heterocycles. The second-order valence-electron chi connectivity index (χ2n) is 7.06. The van der Waals surface area contributed by atoms with E-state index < -0.39 is 15.9 Å². The van der Waals surface area contributed by atoms with Crippen molar-refractivity contribution in [3.8, 4) is 0 Å². The standard InChI is InChI=1S/C20H26N2O6S/c1-22(2)29(24,25)19-10-9-18(28-19)20(23)21-16-7-5-6-15(12-16)13-26-14-17-8-3-4-11-27-17/h5-7,9-10,12,17H,3-4,8,11,13-14H2,1-2H3,(H,21,23)/t17-/m1/s1. The largest absolute Gasteiger partial charge is 0.438 e. The van der Waals surface area contributed by atoms with Gasteiger partial charge >= 0.3 is 0 Å². The van der Waals surface area contributed by atoms with Crippen molar-refractivity contribution in [2.24, 2.45) is 0 Å². The maximum atomic E-state index is 12.4. The fourth-order valence-electron chi connectivity index (χ4n) is 2.94. The Balaban J connectivity index is 1.57. The fraction of sp³-hybridized carbons (Fsp3) is 0.450. The number of amides is 1. The first-order valence-electron chi connectivity index (χ1n) is 9.48. The molecule has 9 heteroatoms.